The standard InChI is InChI=1S/C18H21NO3S/c1-19(18(20)13-23-16-7-5-4-6-8-16)12-14-9-10-15(21-2)11-17(14)22-3/h4-11H,12-13H2,1-3H3. The zero-order chi connectivity index (χ0) is 16.7. The second kappa shape index (κ2) is 8.48. The predicted molar refractivity (Wildman–Crippen MR) is 93.2 cm³/mol. The first kappa shape index (κ1) is 17.2. The van der Waals surface area contributed by atoms with Gasteiger partial charge in [-0.05, 0) is 24.3 Å². The highest BCUT2D eigenvalue weighted by Gasteiger charge is 2.13. The fraction of sp³-hybridized carbons (Fsp3) is 0.278. The van der Waals surface area contributed by atoms with Gasteiger partial charge in [0.2, 0.25) is 5.91 Å². The van der Waals surface area contributed by atoms with Crippen molar-refractivity contribution < 1.29 is 14.3 Å². The molecule has 1 amide bonds. The first-order valence-electron chi connectivity index (χ1n) is 7.26. The number of hydrogen-bond acceptors (Lipinski definition) is 4. The largest absolute Gasteiger partial charge is 0.497 e. The number of carbonyl (C=O) groups is 1. The lowest BCUT2D eigenvalue weighted by molar-refractivity contribution is -0.127. The number of nitrogens with zero attached hydrogens (tertiary/aromatic N) is 1. The third-order valence-electron chi connectivity index (χ3n) is 3.43. The summed E-state index contributed by atoms with van der Waals surface area (Å²) in [5.74, 6) is 1.95. The highest BCUT2D eigenvalue weighted by molar-refractivity contribution is 8.00. The molecule has 0 bridgehead atoms. The average Bonchev–Trinajstić information content (AvgIpc) is 2.60. The molecule has 0 saturated carbocycles. The van der Waals surface area contributed by atoms with E-state index in [2.05, 4.69) is 0 Å². The van der Waals surface area contributed by atoms with Crippen LogP contribution < -0.4 is 9.47 Å². The summed E-state index contributed by atoms with van der Waals surface area (Å²) in [4.78, 5) is 15.1. The molecule has 0 aliphatic carbocycles. The molecule has 122 valence electrons. The molecule has 23 heavy (non-hydrogen) atoms. The number of amides is 1. The summed E-state index contributed by atoms with van der Waals surface area (Å²) in [6.45, 7) is 0.501. The van der Waals surface area contributed by atoms with E-state index in [1.807, 2.05) is 48.5 Å². The number of methoxy groups -OCH3 is 2. The molecule has 0 aliphatic heterocycles. The zero-order valence-corrected chi connectivity index (χ0v) is 14.4. The van der Waals surface area contributed by atoms with Crippen LogP contribution in [-0.4, -0.2) is 37.8 Å². The lowest BCUT2D eigenvalue weighted by Crippen LogP contribution is -2.28. The Labute approximate surface area is 141 Å². The summed E-state index contributed by atoms with van der Waals surface area (Å²) in [7, 11) is 5.04. The van der Waals surface area contributed by atoms with Crippen molar-refractivity contribution in [1.29, 1.82) is 0 Å². The van der Waals surface area contributed by atoms with Crippen LogP contribution in [-0.2, 0) is 11.3 Å². The molecule has 0 aliphatic rings. The Balaban J connectivity index is 1.95. The van der Waals surface area contributed by atoms with Gasteiger partial charge >= 0.3 is 0 Å². The van der Waals surface area contributed by atoms with Crippen molar-refractivity contribution in [3.8, 4) is 11.5 Å². The molecule has 0 radical (unpaired) electrons. The zero-order valence-electron chi connectivity index (χ0n) is 13.6. The van der Waals surface area contributed by atoms with Gasteiger partial charge < -0.3 is 14.4 Å². The number of rotatable bonds is 7. The maximum Gasteiger partial charge on any atom is 0.232 e. The van der Waals surface area contributed by atoms with Crippen LogP contribution in [0, 0.1) is 0 Å². The number of carbonyl (C=O) groups excluding carboxylic acids is 1. The third-order valence-corrected chi connectivity index (χ3v) is 4.43. The van der Waals surface area contributed by atoms with Crippen LogP contribution in [0.2, 0.25) is 0 Å². The Morgan fingerprint density at radius 1 is 1.09 bits per heavy atom. The van der Waals surface area contributed by atoms with E-state index in [0.717, 1.165) is 22.0 Å². The summed E-state index contributed by atoms with van der Waals surface area (Å²) < 4.78 is 10.6. The number of thioether (sulfide) groups is 1. The van der Waals surface area contributed by atoms with Crippen molar-refractivity contribution in [3.05, 3.63) is 54.1 Å². The molecule has 0 saturated heterocycles. The number of benzene rings is 2. The van der Waals surface area contributed by atoms with Gasteiger partial charge in [0.25, 0.3) is 0 Å². The summed E-state index contributed by atoms with van der Waals surface area (Å²) in [6.07, 6.45) is 0. The minimum absolute atomic E-state index is 0.0803. The highest BCUT2D eigenvalue weighted by atomic mass is 32.2. The first-order valence-corrected chi connectivity index (χ1v) is 8.25. The molecule has 2 aromatic rings. The van der Waals surface area contributed by atoms with E-state index < -0.39 is 0 Å². The Morgan fingerprint density at radius 2 is 1.83 bits per heavy atom. The first-order chi connectivity index (χ1) is 11.1. The minimum Gasteiger partial charge on any atom is -0.497 e. The van der Waals surface area contributed by atoms with Gasteiger partial charge in [-0.1, -0.05) is 18.2 Å². The van der Waals surface area contributed by atoms with E-state index in [1.54, 1.807) is 37.9 Å². The van der Waals surface area contributed by atoms with Gasteiger partial charge in [0, 0.05) is 30.1 Å². The molecule has 0 aromatic heterocycles. The molecule has 5 heteroatoms. The maximum absolute atomic E-state index is 12.3. The molecule has 2 rings (SSSR count). The van der Waals surface area contributed by atoms with Gasteiger partial charge in [-0.25, -0.2) is 0 Å². The van der Waals surface area contributed by atoms with E-state index in [1.165, 1.54) is 0 Å². The summed E-state index contributed by atoms with van der Waals surface area (Å²) in [5, 5.41) is 0. The Morgan fingerprint density at radius 3 is 2.48 bits per heavy atom. The average molecular weight is 331 g/mol. The lowest BCUT2D eigenvalue weighted by Gasteiger charge is -2.19. The smallest absolute Gasteiger partial charge is 0.232 e. The molecule has 0 atom stereocenters. The Hall–Kier alpha value is -2.14. The topological polar surface area (TPSA) is 38.8 Å². The molecule has 0 N–H and O–H groups in total. The minimum atomic E-state index is 0.0803. The molecule has 4 nitrogen and oxygen atoms in total. The van der Waals surface area contributed by atoms with Crippen molar-refractivity contribution in [2.24, 2.45) is 0 Å². The molecule has 2 aromatic carbocycles. The highest BCUT2D eigenvalue weighted by Crippen LogP contribution is 2.26. The fourth-order valence-corrected chi connectivity index (χ4v) is 2.96. The molecule has 0 spiro atoms. The Bertz CT molecular complexity index is 646. The van der Waals surface area contributed by atoms with Gasteiger partial charge in [0.05, 0.1) is 20.0 Å². The SMILES string of the molecule is COc1ccc(CN(C)C(=O)CSc2ccccc2)c(OC)c1. The van der Waals surface area contributed by atoms with E-state index in [0.29, 0.717) is 12.3 Å². The van der Waals surface area contributed by atoms with Gasteiger partial charge in [-0.3, -0.25) is 4.79 Å². The molecule has 0 fully saturated rings. The number of ether oxygens (including phenoxy) is 2. The lowest BCUT2D eigenvalue weighted by atomic mass is 10.2. The maximum atomic E-state index is 12.3. The normalized spacial score (nSPS) is 10.2. The number of hydrogen-bond donors (Lipinski definition) is 0. The van der Waals surface area contributed by atoms with E-state index >= 15 is 0 Å². The van der Waals surface area contributed by atoms with Crippen LogP contribution in [0.25, 0.3) is 0 Å². The van der Waals surface area contributed by atoms with E-state index in [9.17, 15) is 4.79 Å². The van der Waals surface area contributed by atoms with Crippen LogP contribution in [0.15, 0.2) is 53.4 Å². The molecule has 0 heterocycles. The fourth-order valence-electron chi connectivity index (χ4n) is 2.10. The van der Waals surface area contributed by atoms with Gasteiger partial charge in [0.1, 0.15) is 11.5 Å². The van der Waals surface area contributed by atoms with E-state index in [4.69, 9.17) is 9.47 Å². The predicted octanol–water partition coefficient (Wildman–Crippen LogP) is 3.45. The van der Waals surface area contributed by atoms with Crippen molar-refractivity contribution in [2.75, 3.05) is 27.0 Å². The summed E-state index contributed by atoms with van der Waals surface area (Å²) >= 11 is 1.54. The van der Waals surface area contributed by atoms with Crippen molar-refractivity contribution >= 4 is 17.7 Å². The molecular formula is C18H21NO3S. The quantitative estimate of drug-likeness (QED) is 0.729. The van der Waals surface area contributed by atoms with Gasteiger partial charge in [-0.15, -0.1) is 11.8 Å². The second-order valence-electron chi connectivity index (χ2n) is 5.03. The van der Waals surface area contributed by atoms with E-state index in [-0.39, 0.29) is 5.91 Å². The molecule has 0 unspecified atom stereocenters. The summed E-state index contributed by atoms with van der Waals surface area (Å²) in [6, 6.07) is 15.5. The van der Waals surface area contributed by atoms with Gasteiger partial charge in [-0.2, -0.15) is 0 Å². The van der Waals surface area contributed by atoms with Crippen LogP contribution >= 0.6 is 11.8 Å². The Kier molecular flexibility index (Phi) is 6.35. The third kappa shape index (κ3) is 4.93. The van der Waals surface area contributed by atoms with Crippen LogP contribution in [0.3, 0.4) is 0 Å². The van der Waals surface area contributed by atoms with Crippen molar-refractivity contribution in [3.63, 3.8) is 0 Å². The van der Waals surface area contributed by atoms with Crippen molar-refractivity contribution in [1.82, 2.24) is 4.90 Å². The van der Waals surface area contributed by atoms with Gasteiger partial charge in [0.15, 0.2) is 0 Å². The monoisotopic (exact) mass is 331 g/mol. The summed E-state index contributed by atoms with van der Waals surface area (Å²) in [5.41, 5.74) is 0.953. The molecular weight excluding hydrogens is 310 g/mol. The van der Waals surface area contributed by atoms with Crippen LogP contribution in [0.1, 0.15) is 5.56 Å². The second-order valence-corrected chi connectivity index (χ2v) is 6.08. The van der Waals surface area contributed by atoms with Crippen LogP contribution in [0.5, 0.6) is 11.5 Å². The van der Waals surface area contributed by atoms with Crippen LogP contribution in [0.4, 0.5) is 0 Å². The van der Waals surface area contributed by atoms with Crippen molar-refractivity contribution in [2.45, 2.75) is 11.4 Å².